The molecular formula is C19H19NO5S. The molecule has 1 unspecified atom stereocenters. The molecule has 1 saturated heterocycles. The van der Waals surface area contributed by atoms with Crippen molar-refractivity contribution in [3.8, 4) is 0 Å². The smallest absolute Gasteiger partial charge is 0.332 e. The molecule has 1 heterocycles. The van der Waals surface area contributed by atoms with E-state index in [0.717, 1.165) is 15.9 Å². The van der Waals surface area contributed by atoms with Crippen LogP contribution in [0.4, 0.5) is 0 Å². The van der Waals surface area contributed by atoms with E-state index in [1.165, 1.54) is 7.11 Å². The lowest BCUT2D eigenvalue weighted by atomic mass is 10.2. The van der Waals surface area contributed by atoms with Gasteiger partial charge in [-0.25, -0.2) is 17.5 Å². The summed E-state index contributed by atoms with van der Waals surface area (Å²) in [5.41, 5.74) is 1.86. The molecule has 7 heteroatoms. The summed E-state index contributed by atoms with van der Waals surface area (Å²) < 4.78 is 38.0. The number of carbonyl (C=O) groups is 1. The first kappa shape index (κ1) is 18.2. The second-order valence-electron chi connectivity index (χ2n) is 5.85. The highest BCUT2D eigenvalue weighted by molar-refractivity contribution is 7.89. The lowest BCUT2D eigenvalue weighted by Crippen LogP contribution is -2.30. The number of hydrogen-bond donors (Lipinski definition) is 0. The van der Waals surface area contributed by atoms with Crippen molar-refractivity contribution in [3.05, 3.63) is 77.5 Å². The van der Waals surface area contributed by atoms with Crippen molar-refractivity contribution >= 4 is 16.0 Å². The molecule has 0 aromatic heterocycles. The number of benzene rings is 2. The highest BCUT2D eigenvalue weighted by Gasteiger charge is 2.40. The van der Waals surface area contributed by atoms with Crippen molar-refractivity contribution in [2.45, 2.75) is 18.0 Å². The largest absolute Gasteiger partial charge is 0.466 e. The minimum Gasteiger partial charge on any atom is -0.466 e. The van der Waals surface area contributed by atoms with Crippen molar-refractivity contribution < 1.29 is 22.7 Å². The van der Waals surface area contributed by atoms with Crippen LogP contribution in [0.1, 0.15) is 17.4 Å². The zero-order valence-corrected chi connectivity index (χ0v) is 15.3. The SMILES string of the molecule is COC(=O)/C=C1\COC(c2ccccc2)N1S(=O)(=O)c1ccc(C)cc1. The van der Waals surface area contributed by atoms with Gasteiger partial charge in [0, 0.05) is 11.6 Å². The summed E-state index contributed by atoms with van der Waals surface area (Å²) in [6.45, 7) is 1.87. The van der Waals surface area contributed by atoms with E-state index in [0.29, 0.717) is 5.56 Å². The number of carbonyl (C=O) groups excluding carboxylic acids is 1. The maximum atomic E-state index is 13.3. The van der Waals surface area contributed by atoms with Gasteiger partial charge in [0.15, 0.2) is 6.23 Å². The third-order valence-corrected chi connectivity index (χ3v) is 5.85. The molecule has 2 aromatic carbocycles. The fourth-order valence-electron chi connectivity index (χ4n) is 2.70. The molecule has 0 spiro atoms. The number of rotatable bonds is 4. The maximum absolute atomic E-state index is 13.3. The van der Waals surface area contributed by atoms with Crippen molar-refractivity contribution in [2.75, 3.05) is 13.7 Å². The lowest BCUT2D eigenvalue weighted by molar-refractivity contribution is -0.134. The maximum Gasteiger partial charge on any atom is 0.332 e. The number of esters is 1. The van der Waals surface area contributed by atoms with Crippen LogP contribution in [0.25, 0.3) is 0 Å². The Morgan fingerprint density at radius 3 is 2.42 bits per heavy atom. The summed E-state index contributed by atoms with van der Waals surface area (Å²) in [5, 5.41) is 0. The van der Waals surface area contributed by atoms with Gasteiger partial charge in [0.2, 0.25) is 0 Å². The second-order valence-corrected chi connectivity index (χ2v) is 7.66. The van der Waals surface area contributed by atoms with Gasteiger partial charge in [0.1, 0.15) is 0 Å². The van der Waals surface area contributed by atoms with Crippen LogP contribution in [0.15, 0.2) is 71.3 Å². The molecular weight excluding hydrogens is 354 g/mol. The van der Waals surface area contributed by atoms with Crippen LogP contribution in [0.3, 0.4) is 0 Å². The van der Waals surface area contributed by atoms with E-state index in [9.17, 15) is 13.2 Å². The monoisotopic (exact) mass is 373 g/mol. The highest BCUT2D eigenvalue weighted by Crippen LogP contribution is 2.38. The van der Waals surface area contributed by atoms with Crippen molar-refractivity contribution in [3.63, 3.8) is 0 Å². The number of hydrogen-bond acceptors (Lipinski definition) is 5. The van der Waals surface area contributed by atoms with Gasteiger partial charge in [-0.05, 0) is 19.1 Å². The van der Waals surface area contributed by atoms with Gasteiger partial charge in [-0.3, -0.25) is 0 Å². The number of methoxy groups -OCH3 is 1. The normalized spacial score (nSPS) is 18.9. The Morgan fingerprint density at radius 1 is 1.15 bits per heavy atom. The molecule has 1 fully saturated rings. The zero-order valence-electron chi connectivity index (χ0n) is 14.5. The van der Waals surface area contributed by atoms with Gasteiger partial charge in [0.05, 0.1) is 24.3 Å². The van der Waals surface area contributed by atoms with Gasteiger partial charge < -0.3 is 9.47 Å². The Kier molecular flexibility index (Phi) is 5.11. The molecule has 0 bridgehead atoms. The Labute approximate surface area is 152 Å². The summed E-state index contributed by atoms with van der Waals surface area (Å²) >= 11 is 0. The molecule has 0 N–H and O–H groups in total. The topological polar surface area (TPSA) is 72.9 Å². The highest BCUT2D eigenvalue weighted by atomic mass is 32.2. The van der Waals surface area contributed by atoms with Gasteiger partial charge in [-0.15, -0.1) is 0 Å². The molecule has 1 aliphatic rings. The number of ether oxygens (including phenoxy) is 2. The predicted molar refractivity (Wildman–Crippen MR) is 95.4 cm³/mol. The number of aryl methyl sites for hydroxylation is 1. The Hall–Kier alpha value is -2.64. The van der Waals surface area contributed by atoms with Crippen LogP contribution >= 0.6 is 0 Å². The Morgan fingerprint density at radius 2 is 1.81 bits per heavy atom. The predicted octanol–water partition coefficient (Wildman–Crippen LogP) is 2.77. The first-order chi connectivity index (χ1) is 12.4. The van der Waals surface area contributed by atoms with E-state index in [-0.39, 0.29) is 17.2 Å². The van der Waals surface area contributed by atoms with E-state index in [2.05, 4.69) is 4.74 Å². The summed E-state index contributed by atoms with van der Waals surface area (Å²) in [6, 6.07) is 15.5. The van der Waals surface area contributed by atoms with Crippen LogP contribution in [0.5, 0.6) is 0 Å². The average Bonchev–Trinajstić information content (AvgIpc) is 3.07. The van der Waals surface area contributed by atoms with Crippen LogP contribution in [0.2, 0.25) is 0 Å². The number of nitrogens with zero attached hydrogens (tertiary/aromatic N) is 1. The molecule has 0 saturated carbocycles. The van der Waals surface area contributed by atoms with Crippen LogP contribution in [-0.2, 0) is 24.3 Å². The molecule has 6 nitrogen and oxygen atoms in total. The molecule has 26 heavy (non-hydrogen) atoms. The lowest BCUT2D eigenvalue weighted by Gasteiger charge is -2.25. The van der Waals surface area contributed by atoms with E-state index in [1.54, 1.807) is 48.5 Å². The minimum absolute atomic E-state index is 0.0141. The van der Waals surface area contributed by atoms with Gasteiger partial charge in [-0.1, -0.05) is 48.0 Å². The van der Waals surface area contributed by atoms with Crippen molar-refractivity contribution in [1.82, 2.24) is 4.31 Å². The zero-order chi connectivity index (χ0) is 18.7. The van der Waals surface area contributed by atoms with Crippen molar-refractivity contribution in [1.29, 1.82) is 0 Å². The summed E-state index contributed by atoms with van der Waals surface area (Å²) in [4.78, 5) is 11.8. The van der Waals surface area contributed by atoms with Gasteiger partial charge in [0.25, 0.3) is 10.0 Å². The first-order valence-corrected chi connectivity index (χ1v) is 9.43. The molecule has 1 atom stereocenters. The molecule has 0 amide bonds. The van der Waals surface area contributed by atoms with E-state index < -0.39 is 22.2 Å². The third-order valence-electron chi connectivity index (χ3n) is 4.03. The van der Waals surface area contributed by atoms with Crippen LogP contribution in [-0.4, -0.2) is 32.4 Å². The Bertz CT molecular complexity index is 920. The van der Waals surface area contributed by atoms with Crippen LogP contribution < -0.4 is 0 Å². The van der Waals surface area contributed by atoms with Crippen molar-refractivity contribution in [2.24, 2.45) is 0 Å². The van der Waals surface area contributed by atoms with Gasteiger partial charge in [-0.2, -0.15) is 0 Å². The fraction of sp³-hybridized carbons (Fsp3) is 0.211. The van der Waals surface area contributed by atoms with Gasteiger partial charge >= 0.3 is 5.97 Å². The first-order valence-electron chi connectivity index (χ1n) is 7.99. The molecule has 2 aromatic rings. The standard InChI is InChI=1S/C19H19NO5S/c1-14-8-10-17(11-9-14)26(22,23)20-16(12-18(21)24-2)13-25-19(20)15-6-4-3-5-7-15/h3-12,19H,13H2,1-2H3/b16-12+. The van der Waals surface area contributed by atoms with Crippen LogP contribution in [0, 0.1) is 6.92 Å². The Balaban J connectivity index is 2.10. The molecule has 0 aliphatic carbocycles. The quantitative estimate of drug-likeness (QED) is 0.609. The summed E-state index contributed by atoms with van der Waals surface area (Å²) in [7, 11) is -2.68. The molecule has 0 radical (unpaired) electrons. The fourth-order valence-corrected chi connectivity index (χ4v) is 4.26. The third kappa shape index (κ3) is 3.49. The molecule has 136 valence electrons. The summed E-state index contributed by atoms with van der Waals surface area (Å²) in [6.07, 6.45) is 0.299. The van der Waals surface area contributed by atoms with E-state index >= 15 is 0 Å². The molecule has 1 aliphatic heterocycles. The molecule has 3 rings (SSSR count). The second kappa shape index (κ2) is 7.31. The average molecular weight is 373 g/mol. The number of sulfonamides is 1. The van der Waals surface area contributed by atoms with E-state index in [1.807, 2.05) is 13.0 Å². The summed E-state index contributed by atoms with van der Waals surface area (Å²) in [5.74, 6) is -0.638. The minimum atomic E-state index is -3.92. The van der Waals surface area contributed by atoms with E-state index in [4.69, 9.17) is 4.74 Å².